The van der Waals surface area contributed by atoms with Gasteiger partial charge in [0.2, 0.25) is 0 Å². The molecule has 0 saturated carbocycles. The van der Waals surface area contributed by atoms with Crippen LogP contribution in [0.4, 0.5) is 5.69 Å². The first-order chi connectivity index (χ1) is 7.20. The minimum Gasteiger partial charge on any atom is -0.367 e. The Kier molecular flexibility index (Phi) is 2.77. The van der Waals surface area contributed by atoms with Crippen molar-refractivity contribution < 1.29 is 10.4 Å². The van der Waals surface area contributed by atoms with Crippen molar-refractivity contribution in [3.05, 3.63) is 41.1 Å². The molecule has 1 aromatic heterocycles. The van der Waals surface area contributed by atoms with Gasteiger partial charge in [0.1, 0.15) is 5.69 Å². The molecule has 15 heavy (non-hydrogen) atoms. The lowest BCUT2D eigenvalue weighted by Gasteiger charge is -2.14. The van der Waals surface area contributed by atoms with E-state index in [1.165, 1.54) is 0 Å². The summed E-state index contributed by atoms with van der Waals surface area (Å²) >= 11 is 3.26. The Bertz CT molecular complexity index is 454. The monoisotopic (exact) mass is 268 g/mol. The zero-order valence-corrected chi connectivity index (χ0v) is 9.27. The Morgan fingerprint density at radius 3 is 2.60 bits per heavy atom. The molecule has 0 fully saturated rings. The molecule has 0 aliphatic rings. The highest BCUT2D eigenvalue weighted by atomic mass is 79.9. The SMILES string of the molecule is ON(O)c1c(Br)cccc1-c1cc[nH]c1. The number of hydrogen-bond acceptors (Lipinski definition) is 3. The van der Waals surface area contributed by atoms with Crippen molar-refractivity contribution in [1.82, 2.24) is 4.98 Å². The number of nitrogens with one attached hydrogen (secondary N) is 1. The number of anilines is 1. The quantitative estimate of drug-likeness (QED) is 0.734. The van der Waals surface area contributed by atoms with Gasteiger partial charge in [-0.05, 0) is 28.1 Å². The average molecular weight is 269 g/mol. The van der Waals surface area contributed by atoms with E-state index in [9.17, 15) is 0 Å². The number of halogens is 1. The van der Waals surface area contributed by atoms with Gasteiger partial charge >= 0.3 is 0 Å². The number of nitrogens with zero attached hydrogens (tertiary/aromatic N) is 1. The first-order valence-electron chi connectivity index (χ1n) is 4.29. The van der Waals surface area contributed by atoms with Crippen molar-refractivity contribution in [2.75, 3.05) is 5.23 Å². The van der Waals surface area contributed by atoms with Gasteiger partial charge in [0.25, 0.3) is 0 Å². The van der Waals surface area contributed by atoms with Crippen LogP contribution in [0.5, 0.6) is 0 Å². The van der Waals surface area contributed by atoms with Gasteiger partial charge in [0, 0.05) is 28.0 Å². The minimum atomic E-state index is 0.117. The molecule has 0 atom stereocenters. The van der Waals surface area contributed by atoms with Crippen molar-refractivity contribution in [1.29, 1.82) is 0 Å². The normalized spacial score (nSPS) is 10.3. The highest BCUT2D eigenvalue weighted by Gasteiger charge is 2.13. The number of H-pyrrole nitrogens is 1. The van der Waals surface area contributed by atoms with Gasteiger partial charge in [-0.3, -0.25) is 10.4 Å². The van der Waals surface area contributed by atoms with Gasteiger partial charge in [0.15, 0.2) is 0 Å². The molecule has 0 aliphatic heterocycles. The molecular weight excluding hydrogens is 260 g/mol. The number of para-hydroxylation sites is 1. The van der Waals surface area contributed by atoms with Crippen LogP contribution in [0, 0.1) is 0 Å². The number of benzene rings is 1. The van der Waals surface area contributed by atoms with Crippen molar-refractivity contribution >= 4 is 21.6 Å². The van der Waals surface area contributed by atoms with Gasteiger partial charge in [0.05, 0.1) is 0 Å². The highest BCUT2D eigenvalue weighted by Crippen LogP contribution is 2.35. The maximum Gasteiger partial charge on any atom is 0.116 e. The summed E-state index contributed by atoms with van der Waals surface area (Å²) in [5.74, 6) is 0. The summed E-state index contributed by atoms with van der Waals surface area (Å²) in [7, 11) is 0. The average Bonchev–Trinajstić information content (AvgIpc) is 2.69. The third-order valence-corrected chi connectivity index (χ3v) is 2.74. The molecule has 0 saturated heterocycles. The van der Waals surface area contributed by atoms with Crippen LogP contribution in [0.25, 0.3) is 11.1 Å². The summed E-state index contributed by atoms with van der Waals surface area (Å²) in [4.78, 5) is 2.92. The number of rotatable bonds is 2. The van der Waals surface area contributed by atoms with Crippen LogP contribution in [-0.2, 0) is 0 Å². The largest absolute Gasteiger partial charge is 0.367 e. The fourth-order valence-electron chi connectivity index (χ4n) is 1.44. The number of aromatic amines is 1. The third-order valence-electron chi connectivity index (χ3n) is 2.10. The molecule has 2 aromatic rings. The van der Waals surface area contributed by atoms with Gasteiger partial charge < -0.3 is 4.98 Å². The highest BCUT2D eigenvalue weighted by molar-refractivity contribution is 9.10. The summed E-state index contributed by atoms with van der Waals surface area (Å²) in [5, 5.41) is 18.4. The van der Waals surface area contributed by atoms with E-state index in [-0.39, 0.29) is 5.23 Å². The second-order valence-electron chi connectivity index (χ2n) is 3.03. The molecule has 3 N–H and O–H groups in total. The zero-order valence-electron chi connectivity index (χ0n) is 7.68. The van der Waals surface area contributed by atoms with E-state index in [2.05, 4.69) is 20.9 Å². The summed E-state index contributed by atoms with van der Waals surface area (Å²) in [5.41, 5.74) is 1.94. The lowest BCUT2D eigenvalue weighted by atomic mass is 10.1. The van der Waals surface area contributed by atoms with E-state index in [0.717, 1.165) is 11.1 Å². The van der Waals surface area contributed by atoms with Crippen molar-refractivity contribution in [3.63, 3.8) is 0 Å². The second kappa shape index (κ2) is 4.06. The van der Waals surface area contributed by atoms with Crippen molar-refractivity contribution in [2.45, 2.75) is 0 Å². The summed E-state index contributed by atoms with van der Waals surface area (Å²) in [6, 6.07) is 7.24. The molecule has 2 rings (SSSR count). The Morgan fingerprint density at radius 2 is 2.00 bits per heavy atom. The van der Waals surface area contributed by atoms with Crippen LogP contribution in [0.3, 0.4) is 0 Å². The fourth-order valence-corrected chi connectivity index (χ4v) is 1.97. The molecule has 4 nitrogen and oxygen atoms in total. The van der Waals surface area contributed by atoms with E-state index >= 15 is 0 Å². The van der Waals surface area contributed by atoms with E-state index in [1.54, 1.807) is 18.5 Å². The Morgan fingerprint density at radius 1 is 1.20 bits per heavy atom. The smallest absolute Gasteiger partial charge is 0.116 e. The standard InChI is InChI=1S/C10H9BrN2O2/c11-9-3-1-2-8(10(9)13(14)15)7-4-5-12-6-7/h1-6,12,14-15H. The third kappa shape index (κ3) is 1.90. The van der Waals surface area contributed by atoms with Crippen LogP contribution in [0.2, 0.25) is 0 Å². The predicted molar refractivity (Wildman–Crippen MR) is 60.0 cm³/mol. The number of hydrogen-bond donors (Lipinski definition) is 3. The molecule has 0 unspecified atom stereocenters. The molecule has 0 aliphatic carbocycles. The van der Waals surface area contributed by atoms with Gasteiger partial charge in [-0.2, -0.15) is 0 Å². The van der Waals surface area contributed by atoms with Crippen LogP contribution < -0.4 is 5.23 Å². The van der Waals surface area contributed by atoms with Crippen molar-refractivity contribution in [2.24, 2.45) is 0 Å². The molecule has 5 heteroatoms. The van der Waals surface area contributed by atoms with E-state index in [4.69, 9.17) is 10.4 Å². The van der Waals surface area contributed by atoms with Crippen LogP contribution in [-0.4, -0.2) is 15.4 Å². The fraction of sp³-hybridized carbons (Fsp3) is 0. The van der Waals surface area contributed by atoms with Crippen LogP contribution in [0.15, 0.2) is 41.1 Å². The predicted octanol–water partition coefficient (Wildman–Crippen LogP) is 3.03. The second-order valence-corrected chi connectivity index (χ2v) is 3.88. The molecule has 0 spiro atoms. The first-order valence-corrected chi connectivity index (χ1v) is 5.09. The minimum absolute atomic E-state index is 0.117. The maximum atomic E-state index is 9.13. The summed E-state index contributed by atoms with van der Waals surface area (Å²) < 4.78 is 0.617. The van der Waals surface area contributed by atoms with Crippen LogP contribution >= 0.6 is 15.9 Å². The molecule has 1 aromatic carbocycles. The Balaban J connectivity index is 2.61. The van der Waals surface area contributed by atoms with Gasteiger partial charge in [-0.15, -0.1) is 5.23 Å². The Hall–Kier alpha value is -1.30. The molecule has 0 radical (unpaired) electrons. The topological polar surface area (TPSA) is 59.5 Å². The Labute approximate surface area is 94.8 Å². The van der Waals surface area contributed by atoms with E-state index in [1.807, 2.05) is 18.2 Å². The van der Waals surface area contributed by atoms with Gasteiger partial charge in [-0.1, -0.05) is 12.1 Å². The first kappa shape index (κ1) is 10.2. The zero-order chi connectivity index (χ0) is 10.8. The lowest BCUT2D eigenvalue weighted by molar-refractivity contribution is 0.0291. The summed E-state index contributed by atoms with van der Waals surface area (Å²) in [6.45, 7) is 0. The molecule has 78 valence electrons. The maximum absolute atomic E-state index is 9.13. The molecule has 0 bridgehead atoms. The van der Waals surface area contributed by atoms with Crippen LogP contribution in [0.1, 0.15) is 0 Å². The molecule has 0 amide bonds. The lowest BCUT2D eigenvalue weighted by Crippen LogP contribution is -2.12. The molecular formula is C10H9BrN2O2. The van der Waals surface area contributed by atoms with Crippen molar-refractivity contribution in [3.8, 4) is 11.1 Å². The molecule has 1 heterocycles. The van der Waals surface area contributed by atoms with E-state index < -0.39 is 0 Å². The summed E-state index contributed by atoms with van der Waals surface area (Å²) in [6.07, 6.45) is 3.56. The number of aromatic nitrogens is 1. The van der Waals surface area contributed by atoms with E-state index in [0.29, 0.717) is 10.2 Å². The van der Waals surface area contributed by atoms with Gasteiger partial charge in [-0.25, -0.2) is 0 Å².